The summed E-state index contributed by atoms with van der Waals surface area (Å²) in [5.41, 5.74) is 2.98. The molecule has 0 spiro atoms. The van der Waals surface area contributed by atoms with E-state index in [9.17, 15) is 9.59 Å². The van der Waals surface area contributed by atoms with Crippen LogP contribution in [0.2, 0.25) is 0 Å². The number of carbonyl (C=O) groups is 2. The number of halogens is 1. The van der Waals surface area contributed by atoms with Crippen molar-refractivity contribution in [3.05, 3.63) is 57.6 Å². The molecule has 27 heavy (non-hydrogen) atoms. The van der Waals surface area contributed by atoms with E-state index in [0.29, 0.717) is 17.0 Å². The minimum absolute atomic E-state index is 0.0634. The zero-order valence-electron chi connectivity index (χ0n) is 16.1. The third-order valence-electron chi connectivity index (χ3n) is 4.22. The fourth-order valence-corrected chi connectivity index (χ4v) is 2.75. The fourth-order valence-electron chi connectivity index (χ4n) is 2.52. The molecule has 0 aliphatic rings. The lowest BCUT2D eigenvalue weighted by atomic mass is 10.1. The van der Waals surface area contributed by atoms with Gasteiger partial charge in [0.2, 0.25) is 0 Å². The number of anilines is 1. The summed E-state index contributed by atoms with van der Waals surface area (Å²) < 4.78 is 6.63. The molecule has 0 radical (unpaired) electrons. The lowest BCUT2D eigenvalue weighted by molar-refractivity contribution is -0.118. The summed E-state index contributed by atoms with van der Waals surface area (Å²) in [6, 6.07) is 10.7. The smallest absolute Gasteiger partial charge is 0.262 e. The van der Waals surface area contributed by atoms with Crippen LogP contribution in [0.25, 0.3) is 0 Å². The standard InChI is InChI=1S/C21H25BrN2O3/c1-5-15(4)23-21(26)17-8-6-7-9-18(17)24-19(25)12-27-16-10-13(2)20(22)14(3)11-16/h6-11,15H,5,12H2,1-4H3,(H,23,26)(H,24,25). The second-order valence-corrected chi connectivity index (χ2v) is 7.33. The molecule has 0 fully saturated rings. The van der Waals surface area contributed by atoms with Gasteiger partial charge in [-0.3, -0.25) is 9.59 Å². The molecule has 2 amide bonds. The number of carbonyl (C=O) groups excluding carboxylic acids is 2. The zero-order chi connectivity index (χ0) is 20.0. The Bertz CT molecular complexity index is 813. The van der Waals surface area contributed by atoms with E-state index < -0.39 is 0 Å². The number of para-hydroxylation sites is 1. The number of nitrogens with one attached hydrogen (secondary N) is 2. The van der Waals surface area contributed by atoms with Crippen molar-refractivity contribution in [1.29, 1.82) is 0 Å². The molecule has 2 aromatic carbocycles. The van der Waals surface area contributed by atoms with Crippen molar-refractivity contribution in [2.24, 2.45) is 0 Å². The maximum absolute atomic E-state index is 12.4. The van der Waals surface area contributed by atoms with Gasteiger partial charge in [-0.25, -0.2) is 0 Å². The van der Waals surface area contributed by atoms with Crippen LogP contribution in [-0.2, 0) is 4.79 Å². The van der Waals surface area contributed by atoms with E-state index in [0.717, 1.165) is 22.0 Å². The van der Waals surface area contributed by atoms with E-state index in [-0.39, 0.29) is 24.5 Å². The van der Waals surface area contributed by atoms with Gasteiger partial charge in [0.15, 0.2) is 6.61 Å². The van der Waals surface area contributed by atoms with Crippen molar-refractivity contribution in [3.63, 3.8) is 0 Å². The maximum atomic E-state index is 12.4. The number of rotatable bonds is 7. The molecule has 0 aliphatic heterocycles. The largest absolute Gasteiger partial charge is 0.484 e. The van der Waals surface area contributed by atoms with Gasteiger partial charge in [0.25, 0.3) is 11.8 Å². The lowest BCUT2D eigenvalue weighted by Crippen LogP contribution is -2.33. The first-order valence-corrected chi connectivity index (χ1v) is 9.70. The van der Waals surface area contributed by atoms with Crippen LogP contribution in [0.15, 0.2) is 40.9 Å². The van der Waals surface area contributed by atoms with Crippen molar-refractivity contribution in [2.75, 3.05) is 11.9 Å². The zero-order valence-corrected chi connectivity index (χ0v) is 17.6. The Kier molecular flexibility index (Phi) is 7.42. The van der Waals surface area contributed by atoms with E-state index in [1.165, 1.54) is 0 Å². The lowest BCUT2D eigenvalue weighted by Gasteiger charge is -2.15. The van der Waals surface area contributed by atoms with Gasteiger partial charge < -0.3 is 15.4 Å². The van der Waals surface area contributed by atoms with E-state index in [1.807, 2.05) is 39.8 Å². The number of hydrogen-bond donors (Lipinski definition) is 2. The molecule has 0 saturated carbocycles. The molecular weight excluding hydrogens is 408 g/mol. The SMILES string of the molecule is CCC(C)NC(=O)c1ccccc1NC(=O)COc1cc(C)c(Br)c(C)c1. The van der Waals surface area contributed by atoms with E-state index in [1.54, 1.807) is 24.3 Å². The summed E-state index contributed by atoms with van der Waals surface area (Å²) in [4.78, 5) is 24.7. The fraction of sp³-hybridized carbons (Fsp3) is 0.333. The highest BCUT2D eigenvalue weighted by molar-refractivity contribution is 9.10. The van der Waals surface area contributed by atoms with E-state index >= 15 is 0 Å². The molecule has 5 nitrogen and oxygen atoms in total. The number of benzene rings is 2. The number of aryl methyl sites for hydroxylation is 2. The topological polar surface area (TPSA) is 67.4 Å². The Morgan fingerprint density at radius 2 is 1.78 bits per heavy atom. The van der Waals surface area contributed by atoms with Gasteiger partial charge in [0.05, 0.1) is 11.3 Å². The normalized spacial score (nSPS) is 11.6. The van der Waals surface area contributed by atoms with Crippen molar-refractivity contribution < 1.29 is 14.3 Å². The van der Waals surface area contributed by atoms with Crippen LogP contribution in [0.1, 0.15) is 41.8 Å². The van der Waals surface area contributed by atoms with Gasteiger partial charge in [0, 0.05) is 10.5 Å². The van der Waals surface area contributed by atoms with E-state index in [2.05, 4.69) is 26.6 Å². The summed E-state index contributed by atoms with van der Waals surface area (Å²) in [5, 5.41) is 5.67. The van der Waals surface area contributed by atoms with Gasteiger partial charge in [-0.15, -0.1) is 0 Å². The average molecular weight is 433 g/mol. The molecule has 6 heteroatoms. The summed E-state index contributed by atoms with van der Waals surface area (Å²) in [5.74, 6) is 0.100. The second-order valence-electron chi connectivity index (χ2n) is 6.54. The van der Waals surface area contributed by atoms with Crippen molar-refractivity contribution >= 4 is 33.4 Å². The summed E-state index contributed by atoms with van der Waals surface area (Å²) >= 11 is 3.51. The Labute approximate surface area is 168 Å². The molecule has 0 saturated heterocycles. The van der Waals surface area contributed by atoms with Gasteiger partial charge in [-0.2, -0.15) is 0 Å². The highest BCUT2D eigenvalue weighted by Gasteiger charge is 2.15. The number of amides is 2. The quantitative estimate of drug-likeness (QED) is 0.670. The Hall–Kier alpha value is -2.34. The predicted molar refractivity (Wildman–Crippen MR) is 111 cm³/mol. The Morgan fingerprint density at radius 3 is 2.41 bits per heavy atom. The van der Waals surface area contributed by atoms with Crippen molar-refractivity contribution in [3.8, 4) is 5.75 Å². The number of hydrogen-bond acceptors (Lipinski definition) is 3. The first-order valence-electron chi connectivity index (χ1n) is 8.91. The molecule has 0 aliphatic carbocycles. The molecule has 1 unspecified atom stereocenters. The van der Waals surface area contributed by atoms with E-state index in [4.69, 9.17) is 4.74 Å². The second kappa shape index (κ2) is 9.55. The summed E-state index contributed by atoms with van der Waals surface area (Å²) in [6.07, 6.45) is 0.833. The van der Waals surface area contributed by atoms with Crippen LogP contribution in [0.4, 0.5) is 5.69 Å². The third kappa shape index (κ3) is 5.82. The molecule has 2 rings (SSSR count). The predicted octanol–water partition coefficient (Wildman–Crippen LogP) is 4.61. The first kappa shape index (κ1) is 21.0. The van der Waals surface area contributed by atoms with Crippen molar-refractivity contribution in [1.82, 2.24) is 5.32 Å². The molecule has 2 aromatic rings. The molecule has 2 N–H and O–H groups in total. The maximum Gasteiger partial charge on any atom is 0.262 e. The van der Waals surface area contributed by atoms with Crippen LogP contribution < -0.4 is 15.4 Å². The van der Waals surface area contributed by atoms with Gasteiger partial charge in [0.1, 0.15) is 5.75 Å². The van der Waals surface area contributed by atoms with Crippen LogP contribution in [0, 0.1) is 13.8 Å². The monoisotopic (exact) mass is 432 g/mol. The van der Waals surface area contributed by atoms with Gasteiger partial charge >= 0.3 is 0 Å². The van der Waals surface area contributed by atoms with Crippen LogP contribution in [-0.4, -0.2) is 24.5 Å². The Balaban J connectivity index is 2.03. The minimum atomic E-state index is -0.322. The Morgan fingerprint density at radius 1 is 1.15 bits per heavy atom. The van der Waals surface area contributed by atoms with Gasteiger partial charge in [-0.05, 0) is 62.6 Å². The average Bonchev–Trinajstić information content (AvgIpc) is 2.64. The first-order chi connectivity index (χ1) is 12.8. The minimum Gasteiger partial charge on any atom is -0.484 e. The molecule has 144 valence electrons. The highest BCUT2D eigenvalue weighted by atomic mass is 79.9. The van der Waals surface area contributed by atoms with Crippen molar-refractivity contribution in [2.45, 2.75) is 40.2 Å². The third-order valence-corrected chi connectivity index (χ3v) is 5.47. The van der Waals surface area contributed by atoms with Crippen LogP contribution in [0.5, 0.6) is 5.75 Å². The van der Waals surface area contributed by atoms with Gasteiger partial charge in [-0.1, -0.05) is 35.0 Å². The highest BCUT2D eigenvalue weighted by Crippen LogP contribution is 2.26. The van der Waals surface area contributed by atoms with Crippen LogP contribution >= 0.6 is 15.9 Å². The summed E-state index contributed by atoms with van der Waals surface area (Å²) in [6.45, 7) is 7.74. The molecule has 0 aromatic heterocycles. The van der Waals surface area contributed by atoms with Crippen LogP contribution in [0.3, 0.4) is 0 Å². The number of ether oxygens (including phenoxy) is 1. The molecule has 0 bridgehead atoms. The molecular formula is C21H25BrN2O3. The summed E-state index contributed by atoms with van der Waals surface area (Å²) in [7, 11) is 0. The molecule has 0 heterocycles. The molecule has 1 atom stereocenters.